The lowest BCUT2D eigenvalue weighted by Gasteiger charge is -2.34. The van der Waals surface area contributed by atoms with Gasteiger partial charge < -0.3 is 20.3 Å². The van der Waals surface area contributed by atoms with E-state index >= 15 is 0 Å². The van der Waals surface area contributed by atoms with Gasteiger partial charge in [-0.1, -0.05) is 36.9 Å². The van der Waals surface area contributed by atoms with Gasteiger partial charge >= 0.3 is 0 Å². The molecular formula is C26H29N5O2. The lowest BCUT2D eigenvalue weighted by atomic mass is 9.96. The zero-order valence-corrected chi connectivity index (χ0v) is 18.9. The highest BCUT2D eigenvalue weighted by molar-refractivity contribution is 5.87. The lowest BCUT2D eigenvalue weighted by Crippen LogP contribution is -2.40. The van der Waals surface area contributed by atoms with Gasteiger partial charge in [0.2, 0.25) is 5.91 Å². The van der Waals surface area contributed by atoms with E-state index in [9.17, 15) is 4.79 Å². The van der Waals surface area contributed by atoms with E-state index in [2.05, 4.69) is 21.4 Å². The van der Waals surface area contributed by atoms with Crippen LogP contribution in [0.1, 0.15) is 12.8 Å². The summed E-state index contributed by atoms with van der Waals surface area (Å²) in [6, 6.07) is 17.5. The summed E-state index contributed by atoms with van der Waals surface area (Å²) in [5, 5.41) is 0. The number of likely N-dealkylation sites (tertiary alicyclic amines) is 1. The number of amides is 1. The fourth-order valence-corrected chi connectivity index (χ4v) is 4.21. The summed E-state index contributed by atoms with van der Waals surface area (Å²) in [5.41, 5.74) is 8.03. The molecule has 1 aromatic heterocycles. The first-order valence-electron chi connectivity index (χ1n) is 11.1. The number of nitrogens with two attached hydrogens (primary N) is 1. The second-order valence-electron chi connectivity index (χ2n) is 8.25. The molecule has 1 amide bonds. The number of ether oxygens (including phenoxy) is 1. The van der Waals surface area contributed by atoms with Gasteiger partial charge in [-0.05, 0) is 54.7 Å². The molecule has 1 saturated heterocycles. The Labute approximate surface area is 194 Å². The van der Waals surface area contributed by atoms with E-state index in [1.54, 1.807) is 0 Å². The molecule has 0 bridgehead atoms. The molecule has 33 heavy (non-hydrogen) atoms. The molecule has 170 valence electrons. The first kappa shape index (κ1) is 22.3. The number of carbonyl (C=O) groups is 1. The number of rotatable bonds is 7. The van der Waals surface area contributed by atoms with E-state index in [4.69, 9.17) is 10.5 Å². The molecule has 0 saturated carbocycles. The van der Waals surface area contributed by atoms with Crippen LogP contribution < -0.4 is 15.4 Å². The first-order chi connectivity index (χ1) is 16.0. The van der Waals surface area contributed by atoms with Crippen LogP contribution in [-0.2, 0) is 4.79 Å². The zero-order chi connectivity index (χ0) is 23.2. The molecule has 2 heterocycles. The van der Waals surface area contributed by atoms with Crippen molar-refractivity contribution in [2.75, 3.05) is 37.3 Å². The van der Waals surface area contributed by atoms with E-state index < -0.39 is 0 Å². The molecule has 1 fully saturated rings. The third-order valence-corrected chi connectivity index (χ3v) is 5.97. The Hall–Kier alpha value is -3.87. The summed E-state index contributed by atoms with van der Waals surface area (Å²) >= 11 is 0. The van der Waals surface area contributed by atoms with Crippen LogP contribution in [0.5, 0.6) is 11.5 Å². The van der Waals surface area contributed by atoms with Crippen LogP contribution in [0.3, 0.4) is 0 Å². The minimum Gasteiger partial charge on any atom is -0.457 e. The van der Waals surface area contributed by atoms with Crippen LogP contribution in [-0.4, -0.2) is 47.5 Å². The molecule has 0 aliphatic carbocycles. The summed E-state index contributed by atoms with van der Waals surface area (Å²) < 4.78 is 5.90. The molecule has 1 aliphatic rings. The van der Waals surface area contributed by atoms with Gasteiger partial charge in [0, 0.05) is 26.7 Å². The van der Waals surface area contributed by atoms with Crippen molar-refractivity contribution in [3.63, 3.8) is 0 Å². The Morgan fingerprint density at radius 2 is 1.79 bits per heavy atom. The minimum absolute atomic E-state index is 0.00681. The Kier molecular flexibility index (Phi) is 6.88. The van der Waals surface area contributed by atoms with Crippen LogP contribution in [0, 0.1) is 5.92 Å². The Morgan fingerprint density at radius 3 is 2.45 bits per heavy atom. The topological polar surface area (TPSA) is 84.6 Å². The van der Waals surface area contributed by atoms with Gasteiger partial charge in [0.25, 0.3) is 0 Å². The van der Waals surface area contributed by atoms with Gasteiger partial charge in [0.05, 0.1) is 5.56 Å². The summed E-state index contributed by atoms with van der Waals surface area (Å²) in [6.07, 6.45) is 4.79. The maximum atomic E-state index is 11.8. The Morgan fingerprint density at radius 1 is 1.12 bits per heavy atom. The summed E-state index contributed by atoms with van der Waals surface area (Å²) in [6.45, 7) is 5.92. The summed E-state index contributed by atoms with van der Waals surface area (Å²) in [4.78, 5) is 24.6. The average molecular weight is 444 g/mol. The highest BCUT2D eigenvalue weighted by atomic mass is 16.5. The number of piperidine rings is 1. The van der Waals surface area contributed by atoms with Gasteiger partial charge in [-0.2, -0.15) is 0 Å². The van der Waals surface area contributed by atoms with E-state index in [1.807, 2.05) is 66.5 Å². The van der Waals surface area contributed by atoms with Gasteiger partial charge in [0.1, 0.15) is 29.5 Å². The second-order valence-corrected chi connectivity index (χ2v) is 8.25. The van der Waals surface area contributed by atoms with Crippen LogP contribution in [0.2, 0.25) is 0 Å². The quantitative estimate of drug-likeness (QED) is 0.546. The largest absolute Gasteiger partial charge is 0.457 e. The van der Waals surface area contributed by atoms with Crippen molar-refractivity contribution in [2.45, 2.75) is 12.8 Å². The molecule has 0 atom stereocenters. The molecule has 0 unspecified atom stereocenters. The Balaban J connectivity index is 1.48. The molecule has 7 nitrogen and oxygen atoms in total. The van der Waals surface area contributed by atoms with Crippen LogP contribution >= 0.6 is 0 Å². The number of anilines is 2. The monoisotopic (exact) mass is 443 g/mol. The average Bonchev–Trinajstić information content (AvgIpc) is 2.85. The highest BCUT2D eigenvalue weighted by Gasteiger charge is 2.24. The first-order valence-corrected chi connectivity index (χ1v) is 11.1. The number of para-hydroxylation sites is 1. The molecule has 3 aromatic rings. The normalized spacial score (nSPS) is 14.0. The van der Waals surface area contributed by atoms with Crippen LogP contribution in [0.15, 0.2) is 73.6 Å². The van der Waals surface area contributed by atoms with Crippen LogP contribution in [0.25, 0.3) is 11.1 Å². The molecule has 7 heteroatoms. The van der Waals surface area contributed by atoms with Crippen molar-refractivity contribution in [2.24, 2.45) is 5.92 Å². The predicted octanol–water partition coefficient (Wildman–Crippen LogP) is 4.38. The number of nitrogen functional groups attached to an aromatic ring is 1. The smallest absolute Gasteiger partial charge is 0.245 e. The number of hydrogen-bond acceptors (Lipinski definition) is 6. The predicted molar refractivity (Wildman–Crippen MR) is 131 cm³/mol. The standard InChI is InChI=1S/C26H29N5O2/c1-3-23(32)31-15-13-19(14-16-31)17-30(2)26-24(25(27)28-18-29-26)20-9-11-22(12-10-20)33-21-7-5-4-6-8-21/h3-12,18-19H,1,13-17H2,2H3,(H2,27,28,29). The van der Waals surface area contributed by atoms with E-state index in [-0.39, 0.29) is 5.91 Å². The fraction of sp³-hybridized carbons (Fsp3) is 0.269. The molecule has 0 radical (unpaired) electrons. The van der Waals surface area contributed by atoms with Crippen LogP contribution in [0.4, 0.5) is 11.6 Å². The van der Waals surface area contributed by atoms with Crippen molar-refractivity contribution in [1.29, 1.82) is 0 Å². The third kappa shape index (κ3) is 5.31. The Bertz CT molecular complexity index is 1090. The molecule has 4 rings (SSSR count). The van der Waals surface area contributed by atoms with Gasteiger partial charge in [-0.15, -0.1) is 0 Å². The molecule has 0 spiro atoms. The van der Waals surface area contributed by atoms with Gasteiger partial charge in [-0.3, -0.25) is 4.79 Å². The number of aromatic nitrogens is 2. The lowest BCUT2D eigenvalue weighted by molar-refractivity contribution is -0.127. The summed E-state index contributed by atoms with van der Waals surface area (Å²) in [5.74, 6) is 3.24. The number of carbonyl (C=O) groups excluding carboxylic acids is 1. The minimum atomic E-state index is 0.00681. The maximum absolute atomic E-state index is 11.8. The van der Waals surface area contributed by atoms with E-state index in [0.717, 1.165) is 60.9 Å². The molecule has 1 aliphatic heterocycles. The zero-order valence-electron chi connectivity index (χ0n) is 18.9. The van der Waals surface area contributed by atoms with Crippen molar-refractivity contribution in [3.05, 3.63) is 73.6 Å². The second kappa shape index (κ2) is 10.2. The molecular weight excluding hydrogens is 414 g/mol. The van der Waals surface area contributed by atoms with E-state index in [0.29, 0.717) is 11.7 Å². The van der Waals surface area contributed by atoms with Gasteiger partial charge in [-0.25, -0.2) is 9.97 Å². The molecule has 2 aromatic carbocycles. The maximum Gasteiger partial charge on any atom is 0.245 e. The van der Waals surface area contributed by atoms with Crippen molar-refractivity contribution >= 4 is 17.5 Å². The highest BCUT2D eigenvalue weighted by Crippen LogP contribution is 2.35. The molecule has 2 N–H and O–H groups in total. The number of hydrogen-bond donors (Lipinski definition) is 1. The SMILES string of the molecule is C=CC(=O)N1CCC(CN(C)c2ncnc(N)c2-c2ccc(Oc3ccccc3)cc2)CC1. The number of nitrogens with zero attached hydrogens (tertiary/aromatic N) is 4. The number of benzene rings is 2. The van der Waals surface area contributed by atoms with Gasteiger partial charge in [0.15, 0.2) is 0 Å². The van der Waals surface area contributed by atoms with Crippen molar-refractivity contribution in [3.8, 4) is 22.6 Å². The van der Waals surface area contributed by atoms with E-state index in [1.165, 1.54) is 12.4 Å². The summed E-state index contributed by atoms with van der Waals surface area (Å²) in [7, 11) is 2.03. The fourth-order valence-electron chi connectivity index (χ4n) is 4.21. The van der Waals surface area contributed by atoms with Crippen molar-refractivity contribution < 1.29 is 9.53 Å². The third-order valence-electron chi connectivity index (χ3n) is 5.97. The van der Waals surface area contributed by atoms with Crippen molar-refractivity contribution in [1.82, 2.24) is 14.9 Å².